The van der Waals surface area contributed by atoms with Gasteiger partial charge in [0.1, 0.15) is 58.8 Å². The lowest BCUT2D eigenvalue weighted by atomic mass is 9.85. The van der Waals surface area contributed by atoms with E-state index in [0.717, 1.165) is 37.9 Å². The van der Waals surface area contributed by atoms with Gasteiger partial charge in [0.05, 0.1) is 25.3 Å². The number of rotatable bonds is 12. The molecule has 2 aliphatic heterocycles. The lowest BCUT2D eigenvalue weighted by Gasteiger charge is -2.35. The molecule has 8 atom stereocenters. The molecule has 9 rings (SSSR count). The third-order valence-electron chi connectivity index (χ3n) is 11.0. The molecule has 6 fully saturated rings. The highest BCUT2D eigenvalue weighted by Gasteiger charge is 2.81. The summed E-state index contributed by atoms with van der Waals surface area (Å²) in [7, 11) is 0. The minimum atomic E-state index is -0.962. The van der Waals surface area contributed by atoms with Crippen LogP contribution in [0, 0.1) is 29.1 Å². The molecule has 2 aromatic heterocycles. The number of aromatic amines is 1. The Hall–Kier alpha value is -3.86. The van der Waals surface area contributed by atoms with Crippen molar-refractivity contribution in [2.45, 2.75) is 68.1 Å². The van der Waals surface area contributed by atoms with E-state index in [1.54, 1.807) is 12.1 Å². The smallest absolute Gasteiger partial charge is 0.408 e. The number of carbonyl (C=O) groups excluding carboxylic acids is 3. The van der Waals surface area contributed by atoms with Crippen molar-refractivity contribution in [3.05, 3.63) is 29.5 Å². The summed E-state index contributed by atoms with van der Waals surface area (Å²) in [5, 5.41) is 12.7. The molecular formula is C35H43ClN8O7S. The van der Waals surface area contributed by atoms with Gasteiger partial charge in [-0.3, -0.25) is 14.5 Å². The van der Waals surface area contributed by atoms with Gasteiger partial charge in [-0.05, 0) is 53.5 Å². The highest BCUT2D eigenvalue weighted by atomic mass is 35.5. The number of H-pyrrole nitrogens is 1. The van der Waals surface area contributed by atoms with Gasteiger partial charge in [-0.25, -0.2) is 9.78 Å². The molecule has 0 spiro atoms. The fourth-order valence-corrected chi connectivity index (χ4v) is 9.14. The van der Waals surface area contributed by atoms with E-state index < -0.39 is 41.5 Å². The summed E-state index contributed by atoms with van der Waals surface area (Å²) in [6, 6.07) is 3.47. The fourth-order valence-electron chi connectivity index (χ4n) is 8.18. The summed E-state index contributed by atoms with van der Waals surface area (Å²) in [5.74, 6) is 2.47. The molecule has 4 aliphatic carbocycles. The van der Waals surface area contributed by atoms with E-state index in [1.165, 1.54) is 23.0 Å². The van der Waals surface area contributed by atoms with E-state index in [-0.39, 0.29) is 19.1 Å². The van der Waals surface area contributed by atoms with Gasteiger partial charge in [0.15, 0.2) is 5.16 Å². The number of nitrogens with zero attached hydrogens (tertiary/aromatic N) is 5. The first-order chi connectivity index (χ1) is 25.0. The van der Waals surface area contributed by atoms with Crippen molar-refractivity contribution in [3.8, 4) is 11.5 Å². The fraction of sp³-hybridized carbons (Fsp3) is 0.600. The van der Waals surface area contributed by atoms with Gasteiger partial charge >= 0.3 is 6.09 Å². The number of alkyl carbamates (subject to hydrolysis) is 1. The maximum atomic E-state index is 14.2. The van der Waals surface area contributed by atoms with Gasteiger partial charge in [0, 0.05) is 43.4 Å². The summed E-state index contributed by atoms with van der Waals surface area (Å²) in [6.07, 6.45) is 1.20. The maximum absolute atomic E-state index is 14.2. The molecule has 17 heteroatoms. The van der Waals surface area contributed by atoms with Crippen molar-refractivity contribution in [3.63, 3.8) is 0 Å². The first-order valence-electron chi connectivity index (χ1n) is 17.8. The zero-order valence-corrected chi connectivity index (χ0v) is 30.8. The number of carbonyl (C=O) groups is 3. The number of hydrogen-bond acceptors (Lipinski definition) is 12. The Morgan fingerprint density at radius 2 is 1.94 bits per heavy atom. The zero-order chi connectivity index (χ0) is 36.3. The Kier molecular flexibility index (Phi) is 9.37. The second-order valence-corrected chi connectivity index (χ2v) is 16.7. The number of nitrogens with one attached hydrogen (secondary N) is 2. The molecule has 2 saturated heterocycles. The van der Waals surface area contributed by atoms with Crippen LogP contribution in [0.5, 0.6) is 11.5 Å². The van der Waals surface area contributed by atoms with Crippen molar-refractivity contribution in [2.75, 3.05) is 46.0 Å². The lowest BCUT2D eigenvalue weighted by molar-refractivity contribution is -0.141. The molecule has 2 unspecified atom stereocenters. The van der Waals surface area contributed by atoms with Gasteiger partial charge in [0.25, 0.3) is 0 Å². The van der Waals surface area contributed by atoms with Crippen molar-refractivity contribution in [1.82, 2.24) is 35.3 Å². The molecule has 4 saturated carbocycles. The average molecular weight is 755 g/mol. The predicted octanol–water partition coefficient (Wildman–Crippen LogP) is 3.11. The predicted molar refractivity (Wildman–Crippen MR) is 189 cm³/mol. The summed E-state index contributed by atoms with van der Waals surface area (Å²) in [6.45, 7) is 9.91. The van der Waals surface area contributed by atoms with Gasteiger partial charge in [-0.15, -0.1) is 10.2 Å². The van der Waals surface area contributed by atoms with E-state index in [9.17, 15) is 14.4 Å². The first kappa shape index (κ1) is 35.2. The molecule has 4 heterocycles. The van der Waals surface area contributed by atoms with Crippen LogP contribution in [0.25, 0.3) is 10.9 Å². The topological polar surface area (TPSA) is 187 Å². The summed E-state index contributed by atoms with van der Waals surface area (Å²) in [5.41, 5.74) is 5.64. The van der Waals surface area contributed by atoms with Gasteiger partial charge < -0.3 is 39.9 Å². The molecule has 2 bridgehead atoms. The van der Waals surface area contributed by atoms with Crippen LogP contribution in [-0.2, 0) is 19.1 Å². The number of ether oxygens (including phenoxy) is 4. The summed E-state index contributed by atoms with van der Waals surface area (Å²) >= 11 is 8.18. The normalized spacial score (nSPS) is 28.3. The standard InChI is InChI=1S/C35H43ClN8O7S/c1-35(2,3)30(41-34(47)51-23-13-19-25-26(19)27(23)25)32(46)44-15-17(12-20(44)31(37)45)50-22-14-24(52-33-38-16-39-42-33)40-29-18(22)4-5-21(28(29)36)49-11-8-43-6-9-48-10-7-43/h4-5,14,16-17,19-20,23,25-27,30H,6-13,15H2,1-3H3,(H2,37,45)(H,41,47)(H,38,39,42)/t17?,19-,20-,23-,25?,26-,27+,30+/m0/s1. The quantitative estimate of drug-likeness (QED) is 0.246. The highest BCUT2D eigenvalue weighted by Crippen LogP contribution is 2.82. The molecule has 15 nitrogen and oxygen atoms in total. The number of aromatic nitrogens is 4. The zero-order valence-electron chi connectivity index (χ0n) is 29.2. The number of benzene rings is 1. The summed E-state index contributed by atoms with van der Waals surface area (Å²) < 4.78 is 23.9. The van der Waals surface area contributed by atoms with Crippen molar-refractivity contribution in [1.29, 1.82) is 0 Å². The van der Waals surface area contributed by atoms with Gasteiger partial charge in [0.2, 0.25) is 11.8 Å². The average Bonchev–Trinajstić information content (AvgIpc) is 3.59. The molecule has 6 aliphatic rings. The van der Waals surface area contributed by atoms with Crippen LogP contribution in [-0.4, -0.2) is 118 Å². The Labute approximate surface area is 310 Å². The van der Waals surface area contributed by atoms with E-state index in [4.69, 9.17) is 41.3 Å². The number of morpholine rings is 1. The molecule has 3 aromatic rings. The van der Waals surface area contributed by atoms with Crippen molar-refractivity contribution in [2.24, 2.45) is 34.8 Å². The van der Waals surface area contributed by atoms with Crippen LogP contribution < -0.4 is 20.5 Å². The highest BCUT2D eigenvalue weighted by molar-refractivity contribution is 7.99. The minimum absolute atomic E-state index is 0.0658. The monoisotopic (exact) mass is 754 g/mol. The van der Waals surface area contributed by atoms with E-state index >= 15 is 0 Å². The number of nitrogens with two attached hydrogens (primary N) is 1. The number of primary amides is 1. The van der Waals surface area contributed by atoms with Crippen LogP contribution in [0.15, 0.2) is 34.7 Å². The van der Waals surface area contributed by atoms with E-state index in [1.807, 2.05) is 26.8 Å². The second-order valence-electron chi connectivity index (χ2n) is 15.3. The van der Waals surface area contributed by atoms with E-state index in [0.29, 0.717) is 69.3 Å². The second kappa shape index (κ2) is 13.8. The number of halogens is 1. The van der Waals surface area contributed by atoms with Gasteiger partial charge in [-0.2, -0.15) is 0 Å². The summed E-state index contributed by atoms with van der Waals surface area (Å²) in [4.78, 5) is 51.5. The molecule has 1 aromatic carbocycles. The Morgan fingerprint density at radius 3 is 2.62 bits per heavy atom. The lowest BCUT2D eigenvalue weighted by Crippen LogP contribution is -2.57. The number of hydrogen-bond donors (Lipinski definition) is 3. The van der Waals surface area contributed by atoms with Crippen LogP contribution in [0.4, 0.5) is 4.79 Å². The Morgan fingerprint density at radius 1 is 1.15 bits per heavy atom. The van der Waals surface area contributed by atoms with Crippen molar-refractivity contribution >= 4 is 52.2 Å². The molecule has 3 amide bonds. The minimum Gasteiger partial charge on any atom is -0.491 e. The maximum Gasteiger partial charge on any atom is 0.408 e. The third-order valence-corrected chi connectivity index (χ3v) is 12.1. The van der Waals surface area contributed by atoms with E-state index in [2.05, 4.69) is 25.4 Å². The van der Waals surface area contributed by atoms with Crippen LogP contribution in [0.3, 0.4) is 0 Å². The van der Waals surface area contributed by atoms with Crippen LogP contribution in [0.1, 0.15) is 33.6 Å². The van der Waals surface area contributed by atoms with Crippen LogP contribution in [0.2, 0.25) is 5.02 Å². The molecule has 4 N–H and O–H groups in total. The first-order valence-corrected chi connectivity index (χ1v) is 19.0. The largest absolute Gasteiger partial charge is 0.491 e. The Balaban J connectivity index is 1.01. The molecule has 0 radical (unpaired) electrons. The van der Waals surface area contributed by atoms with Crippen molar-refractivity contribution < 1.29 is 33.3 Å². The number of pyridine rings is 1. The Bertz CT molecular complexity index is 1840. The number of likely N-dealkylation sites (tertiary alicyclic amines) is 1. The number of amides is 3. The molecular weight excluding hydrogens is 712 g/mol. The molecule has 278 valence electrons. The van der Waals surface area contributed by atoms with Crippen LogP contribution >= 0.6 is 23.4 Å². The van der Waals surface area contributed by atoms with Gasteiger partial charge in [-0.1, -0.05) is 32.4 Å². The SMILES string of the molecule is CC(C)(C)[C@H](NC(=O)O[C@H]1C[C@H]2C3[C@@H]1[C@H]32)C(=O)N1CC(Oc2cc(Sc3nnc[nH]3)nc3c(Cl)c(OCCN4CCOCC4)ccc23)C[C@H]1C(N)=O. The molecule has 52 heavy (non-hydrogen) atoms. The number of fused-ring (bicyclic) bond motifs is 2. The third kappa shape index (κ3) is 6.97.